The zero-order valence-corrected chi connectivity index (χ0v) is 21.0. The smallest absolute Gasteiger partial charge is 0.277 e. The van der Waals surface area contributed by atoms with E-state index in [-0.39, 0.29) is 29.0 Å². The SMILES string of the molecule is Cc1cc(OCc2ncc(F)cc2F)c(Cl)c(=O)n1C1=CC(c2cccc(C(C)(C)O)n2)=NC[C@H]1C. The first-order valence-electron chi connectivity index (χ1n) is 11.3. The number of dihydropyridines is 1. The fourth-order valence-corrected chi connectivity index (χ4v) is 4.01. The minimum atomic E-state index is -1.12. The first-order chi connectivity index (χ1) is 17.0. The number of aromatic nitrogens is 3. The van der Waals surface area contributed by atoms with E-state index in [1.54, 1.807) is 51.1 Å². The van der Waals surface area contributed by atoms with Gasteiger partial charge in [0.1, 0.15) is 34.5 Å². The Hall–Kier alpha value is -3.43. The second kappa shape index (κ2) is 9.91. The second-order valence-corrected chi connectivity index (χ2v) is 9.52. The molecule has 4 heterocycles. The number of rotatable bonds is 6. The molecule has 10 heteroatoms. The number of nitrogens with zero attached hydrogens (tertiary/aromatic N) is 4. The van der Waals surface area contributed by atoms with Crippen molar-refractivity contribution in [2.45, 2.75) is 39.9 Å². The molecule has 0 saturated heterocycles. The largest absolute Gasteiger partial charge is 0.485 e. The van der Waals surface area contributed by atoms with E-state index in [0.29, 0.717) is 41.1 Å². The number of pyridine rings is 3. The number of aryl methyl sites for hydroxylation is 1. The average molecular weight is 515 g/mol. The molecule has 0 spiro atoms. The van der Waals surface area contributed by atoms with E-state index in [2.05, 4.69) is 15.0 Å². The first-order valence-corrected chi connectivity index (χ1v) is 11.6. The van der Waals surface area contributed by atoms with Gasteiger partial charge in [0.05, 0.1) is 23.3 Å². The van der Waals surface area contributed by atoms with Gasteiger partial charge in [0.25, 0.3) is 5.56 Å². The monoisotopic (exact) mass is 514 g/mol. The van der Waals surface area contributed by atoms with Crippen molar-refractivity contribution in [1.29, 1.82) is 0 Å². The summed E-state index contributed by atoms with van der Waals surface area (Å²) in [6.07, 6.45) is 2.67. The van der Waals surface area contributed by atoms with Crippen LogP contribution in [-0.2, 0) is 12.2 Å². The molecule has 0 radical (unpaired) electrons. The Morgan fingerprint density at radius 1 is 1.28 bits per heavy atom. The number of allylic oxidation sites excluding steroid dienone is 1. The number of halogens is 3. The number of aliphatic imine (C=N–C) groups is 1. The van der Waals surface area contributed by atoms with E-state index in [1.165, 1.54) is 4.57 Å². The lowest BCUT2D eigenvalue weighted by atomic mass is 9.99. The van der Waals surface area contributed by atoms with Gasteiger partial charge in [0.2, 0.25) is 0 Å². The lowest BCUT2D eigenvalue weighted by Gasteiger charge is -2.24. The maximum absolute atomic E-state index is 13.9. The number of hydrogen-bond acceptors (Lipinski definition) is 6. The number of aliphatic hydroxyl groups is 1. The summed E-state index contributed by atoms with van der Waals surface area (Å²) in [4.78, 5) is 26.1. The maximum Gasteiger partial charge on any atom is 0.277 e. The molecule has 0 saturated carbocycles. The third kappa shape index (κ3) is 5.22. The van der Waals surface area contributed by atoms with Crippen molar-refractivity contribution in [1.82, 2.24) is 14.5 Å². The normalized spacial score (nSPS) is 15.9. The van der Waals surface area contributed by atoms with Crippen LogP contribution in [0.2, 0.25) is 5.02 Å². The topological polar surface area (TPSA) is 89.6 Å². The summed E-state index contributed by atoms with van der Waals surface area (Å²) in [6, 6.07) is 7.61. The Balaban J connectivity index is 1.68. The van der Waals surface area contributed by atoms with Crippen molar-refractivity contribution in [2.75, 3.05) is 6.54 Å². The highest BCUT2D eigenvalue weighted by atomic mass is 35.5. The Kier molecular flexibility index (Phi) is 7.06. The van der Waals surface area contributed by atoms with Gasteiger partial charge in [-0.25, -0.2) is 13.8 Å². The molecule has 1 atom stereocenters. The van der Waals surface area contributed by atoms with Crippen molar-refractivity contribution in [2.24, 2.45) is 10.9 Å². The van der Waals surface area contributed by atoms with Crippen molar-refractivity contribution in [3.63, 3.8) is 0 Å². The standard InChI is InChI=1S/C26H25ClF2N4O3/c1-14-11-30-19(18-6-5-7-23(32-18)26(3,4)35)10-21(14)33-15(2)8-22(24(27)25(33)34)36-13-20-17(29)9-16(28)12-31-20/h5-10,12,14,35H,11,13H2,1-4H3/t14-/m1/s1. The zero-order valence-electron chi connectivity index (χ0n) is 20.2. The molecule has 0 fully saturated rings. The third-order valence-electron chi connectivity index (χ3n) is 5.77. The van der Waals surface area contributed by atoms with Gasteiger partial charge >= 0.3 is 0 Å². The highest BCUT2D eigenvalue weighted by Crippen LogP contribution is 2.28. The Bertz CT molecular complexity index is 1440. The molecule has 188 valence electrons. The summed E-state index contributed by atoms with van der Waals surface area (Å²) < 4.78 is 34.1. The van der Waals surface area contributed by atoms with Crippen molar-refractivity contribution >= 4 is 23.0 Å². The minimum absolute atomic E-state index is 0.0680. The van der Waals surface area contributed by atoms with Gasteiger partial charge in [-0.1, -0.05) is 24.6 Å². The average Bonchev–Trinajstić information content (AvgIpc) is 2.82. The molecule has 0 bridgehead atoms. The summed E-state index contributed by atoms with van der Waals surface area (Å²) >= 11 is 6.36. The van der Waals surface area contributed by atoms with Crippen LogP contribution in [0, 0.1) is 24.5 Å². The Morgan fingerprint density at radius 2 is 2.03 bits per heavy atom. The van der Waals surface area contributed by atoms with Crippen LogP contribution < -0.4 is 10.3 Å². The first kappa shape index (κ1) is 25.7. The Morgan fingerprint density at radius 3 is 2.72 bits per heavy atom. The molecule has 1 N–H and O–H groups in total. The van der Waals surface area contributed by atoms with E-state index in [4.69, 9.17) is 16.3 Å². The van der Waals surface area contributed by atoms with E-state index < -0.39 is 22.8 Å². The van der Waals surface area contributed by atoms with E-state index >= 15 is 0 Å². The summed E-state index contributed by atoms with van der Waals surface area (Å²) in [5.41, 5.74) is 1.15. The molecular weight excluding hydrogens is 490 g/mol. The van der Waals surface area contributed by atoms with Crippen LogP contribution >= 0.6 is 11.6 Å². The second-order valence-electron chi connectivity index (χ2n) is 9.14. The van der Waals surface area contributed by atoms with E-state index in [9.17, 15) is 18.7 Å². The quantitative estimate of drug-likeness (QED) is 0.516. The predicted molar refractivity (Wildman–Crippen MR) is 133 cm³/mol. The van der Waals surface area contributed by atoms with Gasteiger partial charge in [0.15, 0.2) is 5.82 Å². The summed E-state index contributed by atoms with van der Waals surface area (Å²) in [5, 5.41) is 10.1. The number of hydrogen-bond donors (Lipinski definition) is 1. The predicted octanol–water partition coefficient (Wildman–Crippen LogP) is 4.66. The molecule has 36 heavy (non-hydrogen) atoms. The van der Waals surface area contributed by atoms with Gasteiger partial charge in [-0.2, -0.15) is 0 Å². The van der Waals surface area contributed by atoms with Crippen LogP contribution in [0.25, 0.3) is 5.70 Å². The van der Waals surface area contributed by atoms with Crippen LogP contribution in [-0.4, -0.2) is 31.9 Å². The number of ether oxygens (including phenoxy) is 1. The highest BCUT2D eigenvalue weighted by Gasteiger charge is 2.24. The summed E-state index contributed by atoms with van der Waals surface area (Å²) in [5.74, 6) is -1.68. The Labute approximate surface area is 211 Å². The lowest BCUT2D eigenvalue weighted by Crippen LogP contribution is -2.29. The third-order valence-corrected chi connectivity index (χ3v) is 6.12. The molecule has 0 amide bonds. The van der Waals surface area contributed by atoms with Gasteiger partial charge in [-0.15, -0.1) is 0 Å². The van der Waals surface area contributed by atoms with E-state index in [0.717, 1.165) is 6.20 Å². The summed E-state index contributed by atoms with van der Waals surface area (Å²) in [6.45, 7) is 7.08. The van der Waals surface area contributed by atoms with E-state index in [1.807, 2.05) is 6.92 Å². The van der Waals surface area contributed by atoms with Crippen LogP contribution in [0.1, 0.15) is 43.5 Å². The zero-order chi connectivity index (χ0) is 26.2. The van der Waals surface area contributed by atoms with Crippen LogP contribution in [0.3, 0.4) is 0 Å². The molecule has 3 aromatic rings. The van der Waals surface area contributed by atoms with Crippen LogP contribution in [0.5, 0.6) is 5.75 Å². The molecule has 4 rings (SSSR count). The molecule has 0 unspecified atom stereocenters. The lowest BCUT2D eigenvalue weighted by molar-refractivity contribution is 0.0738. The van der Waals surface area contributed by atoms with Crippen molar-refractivity contribution in [3.05, 3.63) is 92.4 Å². The molecule has 3 aromatic heterocycles. The fraction of sp³-hybridized carbons (Fsp3) is 0.308. The van der Waals surface area contributed by atoms with Gasteiger partial charge in [-0.05, 0) is 39.0 Å². The fourth-order valence-electron chi connectivity index (χ4n) is 3.82. The molecule has 0 aliphatic carbocycles. The molecule has 1 aliphatic rings. The minimum Gasteiger partial charge on any atom is -0.485 e. The molecule has 7 nitrogen and oxygen atoms in total. The summed E-state index contributed by atoms with van der Waals surface area (Å²) in [7, 11) is 0. The maximum atomic E-state index is 13.9. The molecule has 0 aromatic carbocycles. The molecular formula is C26H25ClF2N4O3. The van der Waals surface area contributed by atoms with Gasteiger partial charge < -0.3 is 9.84 Å². The van der Waals surface area contributed by atoms with Crippen molar-refractivity contribution in [3.8, 4) is 5.75 Å². The van der Waals surface area contributed by atoms with Gasteiger partial charge in [0, 0.05) is 36.0 Å². The van der Waals surface area contributed by atoms with Crippen LogP contribution in [0.4, 0.5) is 8.78 Å². The van der Waals surface area contributed by atoms with Crippen LogP contribution in [0.15, 0.2) is 52.4 Å². The molecule has 1 aliphatic heterocycles. The van der Waals surface area contributed by atoms with Crippen molar-refractivity contribution < 1.29 is 18.6 Å². The van der Waals surface area contributed by atoms with Gasteiger partial charge in [-0.3, -0.25) is 19.3 Å². The highest BCUT2D eigenvalue weighted by molar-refractivity contribution is 6.31.